The van der Waals surface area contributed by atoms with E-state index in [4.69, 9.17) is 44.3 Å². The zero-order chi connectivity index (χ0) is 24.7. The summed E-state index contributed by atoms with van der Waals surface area (Å²) in [4.78, 5) is 31.2. The Morgan fingerprint density at radius 1 is 1.18 bits per heavy atom. The molecule has 3 aromatic rings. The Bertz CT molecular complexity index is 1540. The summed E-state index contributed by atoms with van der Waals surface area (Å²) < 4.78 is 12.1. The normalized spacial score (nSPS) is 15.7. The molecule has 11 heteroatoms. The van der Waals surface area contributed by atoms with Crippen LogP contribution in [0.2, 0.25) is 15.1 Å². The average molecular weight is 540 g/mol. The maximum absolute atomic E-state index is 13.6. The van der Waals surface area contributed by atoms with Gasteiger partial charge in [0.05, 0.1) is 35.0 Å². The van der Waals surface area contributed by atoms with E-state index >= 15 is 0 Å². The van der Waals surface area contributed by atoms with Gasteiger partial charge in [-0.1, -0.05) is 46.1 Å². The highest BCUT2D eigenvalue weighted by Crippen LogP contribution is 2.37. The Kier molecular flexibility index (Phi) is 6.78. The number of fused-ring (bicyclic) bond motifs is 1. The second kappa shape index (κ2) is 9.46. The maximum Gasteiger partial charge on any atom is 0.338 e. The largest absolute Gasteiger partial charge is 0.506 e. The molecule has 34 heavy (non-hydrogen) atoms. The van der Waals surface area contributed by atoms with Crippen molar-refractivity contribution in [2.24, 2.45) is 4.99 Å². The van der Waals surface area contributed by atoms with E-state index in [1.165, 1.54) is 37.0 Å². The first-order valence-electron chi connectivity index (χ1n) is 9.78. The van der Waals surface area contributed by atoms with Crippen LogP contribution in [-0.4, -0.2) is 29.9 Å². The number of methoxy groups -OCH3 is 2. The lowest BCUT2D eigenvalue weighted by atomic mass is 9.95. The van der Waals surface area contributed by atoms with Crippen molar-refractivity contribution in [1.29, 1.82) is 0 Å². The van der Waals surface area contributed by atoms with Crippen LogP contribution in [0, 0.1) is 0 Å². The van der Waals surface area contributed by atoms with E-state index in [2.05, 4.69) is 4.99 Å². The third-order valence-electron chi connectivity index (χ3n) is 5.26. The van der Waals surface area contributed by atoms with Gasteiger partial charge in [0.1, 0.15) is 17.5 Å². The number of halogens is 3. The number of carbonyl (C=O) groups excluding carboxylic acids is 1. The Morgan fingerprint density at radius 3 is 2.59 bits per heavy atom. The van der Waals surface area contributed by atoms with Crippen molar-refractivity contribution < 1.29 is 19.4 Å². The SMILES string of the molecule is COC(=O)C1=C(C)N=c2s/c(=C\c3cc(Cl)cc(Cl)c3O)c(=O)n2[C@H]1c1cc(Cl)ccc1OC. The van der Waals surface area contributed by atoms with E-state index in [0.29, 0.717) is 31.9 Å². The van der Waals surface area contributed by atoms with Gasteiger partial charge >= 0.3 is 5.97 Å². The number of rotatable bonds is 4. The van der Waals surface area contributed by atoms with Crippen LogP contribution in [0.1, 0.15) is 24.1 Å². The lowest BCUT2D eigenvalue weighted by Gasteiger charge is -2.25. The molecular formula is C23H17Cl3N2O5S. The summed E-state index contributed by atoms with van der Waals surface area (Å²) in [5, 5.41) is 11.1. The molecule has 4 rings (SSSR count). The molecule has 0 unspecified atom stereocenters. The van der Waals surface area contributed by atoms with Crippen molar-refractivity contribution in [1.82, 2.24) is 4.57 Å². The predicted molar refractivity (Wildman–Crippen MR) is 132 cm³/mol. The van der Waals surface area contributed by atoms with Gasteiger partial charge in [0.25, 0.3) is 5.56 Å². The molecule has 0 aliphatic carbocycles. The molecule has 0 bridgehead atoms. The highest BCUT2D eigenvalue weighted by atomic mass is 35.5. The van der Waals surface area contributed by atoms with Crippen LogP contribution in [0.25, 0.3) is 6.08 Å². The number of phenolic OH excluding ortho intramolecular Hbond substituents is 1. The summed E-state index contributed by atoms with van der Waals surface area (Å²) in [6, 6.07) is 6.92. The monoisotopic (exact) mass is 538 g/mol. The van der Waals surface area contributed by atoms with Gasteiger partial charge in [0, 0.05) is 21.2 Å². The first-order chi connectivity index (χ1) is 16.2. The summed E-state index contributed by atoms with van der Waals surface area (Å²) in [7, 11) is 2.74. The van der Waals surface area contributed by atoms with Crippen molar-refractivity contribution >= 4 is 58.2 Å². The van der Waals surface area contributed by atoms with E-state index in [9.17, 15) is 14.7 Å². The highest BCUT2D eigenvalue weighted by Gasteiger charge is 2.35. The van der Waals surface area contributed by atoms with Crippen LogP contribution in [-0.2, 0) is 9.53 Å². The summed E-state index contributed by atoms with van der Waals surface area (Å²) in [6.07, 6.45) is 1.47. The Hall–Kier alpha value is -2.78. The van der Waals surface area contributed by atoms with E-state index in [-0.39, 0.29) is 26.4 Å². The number of aromatic hydroxyl groups is 1. The molecular weight excluding hydrogens is 523 g/mol. The smallest absolute Gasteiger partial charge is 0.338 e. The van der Waals surface area contributed by atoms with E-state index in [0.717, 1.165) is 11.3 Å². The number of hydrogen-bond donors (Lipinski definition) is 1. The van der Waals surface area contributed by atoms with Crippen LogP contribution in [0.15, 0.2) is 51.4 Å². The number of esters is 1. The van der Waals surface area contributed by atoms with Gasteiger partial charge in [0.15, 0.2) is 4.80 Å². The van der Waals surface area contributed by atoms with Crippen LogP contribution in [0.3, 0.4) is 0 Å². The molecule has 0 saturated heterocycles. The Morgan fingerprint density at radius 2 is 1.91 bits per heavy atom. The number of carbonyl (C=O) groups is 1. The van der Waals surface area contributed by atoms with Crippen LogP contribution in [0.4, 0.5) is 0 Å². The van der Waals surface area contributed by atoms with Gasteiger partial charge < -0.3 is 14.6 Å². The highest BCUT2D eigenvalue weighted by molar-refractivity contribution is 7.07. The zero-order valence-electron chi connectivity index (χ0n) is 18.1. The van der Waals surface area contributed by atoms with Gasteiger partial charge in [-0.2, -0.15) is 0 Å². The summed E-state index contributed by atoms with van der Waals surface area (Å²) in [5.41, 5.74) is 0.880. The third kappa shape index (κ3) is 4.22. The predicted octanol–water partition coefficient (Wildman–Crippen LogP) is 4.08. The quantitative estimate of drug-likeness (QED) is 0.505. The molecule has 1 N–H and O–H groups in total. The number of hydrogen-bond acceptors (Lipinski definition) is 7. The lowest BCUT2D eigenvalue weighted by Crippen LogP contribution is -2.40. The first-order valence-corrected chi connectivity index (χ1v) is 11.7. The van der Waals surface area contributed by atoms with Crippen LogP contribution < -0.4 is 19.6 Å². The number of phenols is 1. The van der Waals surface area contributed by atoms with Crippen molar-refractivity contribution in [3.05, 3.63) is 87.5 Å². The Balaban J connectivity index is 2.05. The lowest BCUT2D eigenvalue weighted by molar-refractivity contribution is -0.136. The molecule has 2 aromatic carbocycles. The molecule has 0 amide bonds. The van der Waals surface area contributed by atoms with Crippen molar-refractivity contribution in [3.63, 3.8) is 0 Å². The fraction of sp³-hybridized carbons (Fsp3) is 0.174. The second-order valence-corrected chi connectivity index (χ2v) is 9.57. The van der Waals surface area contributed by atoms with Crippen molar-refractivity contribution in [3.8, 4) is 11.5 Å². The van der Waals surface area contributed by atoms with Crippen molar-refractivity contribution in [2.75, 3.05) is 14.2 Å². The fourth-order valence-corrected chi connectivity index (χ4v) is 5.47. The minimum Gasteiger partial charge on any atom is -0.506 e. The second-order valence-electron chi connectivity index (χ2n) is 7.29. The fourth-order valence-electron chi connectivity index (χ4n) is 3.74. The van der Waals surface area contributed by atoms with Gasteiger partial charge in [0.2, 0.25) is 0 Å². The number of nitrogens with zero attached hydrogens (tertiary/aromatic N) is 2. The molecule has 1 aliphatic heterocycles. The third-order valence-corrected chi connectivity index (χ3v) is 6.98. The molecule has 1 aromatic heterocycles. The number of ether oxygens (including phenoxy) is 2. The topological polar surface area (TPSA) is 90.1 Å². The number of allylic oxidation sites excluding steroid dienone is 1. The molecule has 0 radical (unpaired) electrons. The van der Waals surface area contributed by atoms with Crippen LogP contribution in [0.5, 0.6) is 11.5 Å². The van der Waals surface area contributed by atoms with Gasteiger partial charge in [-0.05, 0) is 43.3 Å². The standard InChI is InChI=1S/C23H17Cl3N2O5S/c1-10-18(22(31)33-3)19(14-8-12(24)4-5-16(14)32-2)28-21(30)17(34-23(28)27-10)7-11-6-13(25)9-15(26)20(11)29/h4-9,19,29H,1-3H3/b17-7-/t19-/m0/s1. The first kappa shape index (κ1) is 24.3. The minimum atomic E-state index is -0.906. The number of aromatic nitrogens is 1. The van der Waals surface area contributed by atoms with E-state index < -0.39 is 17.6 Å². The summed E-state index contributed by atoms with van der Waals surface area (Å²) in [6.45, 7) is 1.66. The van der Waals surface area contributed by atoms with Gasteiger partial charge in [-0.25, -0.2) is 9.79 Å². The molecule has 1 atom stereocenters. The van der Waals surface area contributed by atoms with Crippen molar-refractivity contribution in [2.45, 2.75) is 13.0 Å². The van der Waals surface area contributed by atoms with Gasteiger partial charge in [-0.15, -0.1) is 0 Å². The molecule has 0 spiro atoms. The number of thiazole rings is 1. The van der Waals surface area contributed by atoms with E-state index in [1.807, 2.05) is 0 Å². The summed E-state index contributed by atoms with van der Waals surface area (Å²) in [5.74, 6) is -0.419. The molecule has 176 valence electrons. The molecule has 7 nitrogen and oxygen atoms in total. The maximum atomic E-state index is 13.6. The molecule has 0 saturated carbocycles. The minimum absolute atomic E-state index is 0.0527. The number of benzene rings is 2. The molecule has 0 fully saturated rings. The van der Waals surface area contributed by atoms with Gasteiger partial charge in [-0.3, -0.25) is 9.36 Å². The molecule has 2 heterocycles. The average Bonchev–Trinajstić information content (AvgIpc) is 3.10. The Labute approximate surface area is 212 Å². The molecule has 1 aliphatic rings. The summed E-state index contributed by atoms with van der Waals surface area (Å²) >= 11 is 19.5. The zero-order valence-corrected chi connectivity index (χ0v) is 21.1. The van der Waals surface area contributed by atoms with E-state index in [1.54, 1.807) is 25.1 Å². The van der Waals surface area contributed by atoms with Crippen LogP contribution >= 0.6 is 46.1 Å².